The Morgan fingerprint density at radius 3 is 2.00 bits per heavy atom. The third-order valence-corrected chi connectivity index (χ3v) is 0.469. The van der Waals surface area contributed by atoms with Gasteiger partial charge in [0.05, 0.1) is 0 Å². The molecule has 0 aliphatic carbocycles. The van der Waals surface area contributed by atoms with Crippen LogP contribution in [0.15, 0.2) is 0 Å². The van der Waals surface area contributed by atoms with E-state index < -0.39 is 7.82 Å². The second-order valence-corrected chi connectivity index (χ2v) is 1.83. The van der Waals surface area contributed by atoms with Crippen molar-refractivity contribution >= 4 is 14.3 Å². The molecule has 0 unspecified atom stereocenters. The molecule has 0 atom stereocenters. The van der Waals surface area contributed by atoms with Crippen LogP contribution in [-0.4, -0.2) is 16.3 Å². The van der Waals surface area contributed by atoms with Gasteiger partial charge in [0.25, 0.3) is 0 Å². The molecule has 7 heavy (non-hydrogen) atoms. The summed E-state index contributed by atoms with van der Waals surface area (Å²) >= 11 is 0. The van der Waals surface area contributed by atoms with Crippen molar-refractivity contribution < 1.29 is 23.7 Å². The summed E-state index contributed by atoms with van der Waals surface area (Å²) in [5.74, 6) is 0. The van der Waals surface area contributed by atoms with Gasteiger partial charge in [0.2, 0.25) is 0 Å². The maximum atomic E-state index is 9.44. The molecule has 0 saturated heterocycles. The molecule has 5 nitrogen and oxygen atoms in total. The van der Waals surface area contributed by atoms with Crippen molar-refractivity contribution in [1.82, 2.24) is 0 Å². The van der Waals surface area contributed by atoms with Gasteiger partial charge < -0.3 is 4.52 Å². The second kappa shape index (κ2) is 2.07. The van der Waals surface area contributed by atoms with Gasteiger partial charge in [-0.1, -0.05) is 0 Å². The highest BCUT2D eigenvalue weighted by Gasteiger charge is 2.12. The highest BCUT2D eigenvalue weighted by molar-refractivity contribution is 7.46. The monoisotopic (exact) mass is 125 g/mol. The minimum absolute atomic E-state index is 0.595. The lowest BCUT2D eigenvalue weighted by Crippen LogP contribution is -1.81. The summed E-state index contributed by atoms with van der Waals surface area (Å²) in [5, 5.41) is 0. The second-order valence-electron chi connectivity index (χ2n) is 0.665. The molecule has 0 aliphatic heterocycles. The Kier molecular flexibility index (Phi) is 1.95. The zero-order valence-corrected chi connectivity index (χ0v) is 3.96. The molecule has 2 N–H and O–H groups in total. The van der Waals surface area contributed by atoms with Gasteiger partial charge in [0.15, 0.2) is 0 Å². The lowest BCUT2D eigenvalue weighted by Gasteiger charge is -1.92. The smallest absolute Gasteiger partial charge is 0.362 e. The first-order chi connectivity index (χ1) is 3.06. The van der Waals surface area contributed by atoms with Crippen molar-refractivity contribution in [3.05, 3.63) is 0 Å². The van der Waals surface area contributed by atoms with E-state index in [1.54, 1.807) is 0 Å². The Hall–Kier alpha value is -0.380. The van der Waals surface area contributed by atoms with Gasteiger partial charge in [-0.05, 0) is 0 Å². The van der Waals surface area contributed by atoms with Crippen molar-refractivity contribution in [2.24, 2.45) is 0 Å². The summed E-state index contributed by atoms with van der Waals surface area (Å²) < 4.78 is 12.5. The molecule has 0 spiro atoms. The van der Waals surface area contributed by atoms with Gasteiger partial charge in [-0.25, -0.2) is 9.36 Å². The van der Waals surface area contributed by atoms with Crippen LogP contribution in [0, 0.1) is 0 Å². The van der Waals surface area contributed by atoms with Crippen LogP contribution in [0.1, 0.15) is 0 Å². The molecule has 6 heteroatoms. The molecule has 0 amide bonds. The molecular weight excluding hydrogens is 123 g/mol. The first kappa shape index (κ1) is 6.62. The van der Waals surface area contributed by atoms with Crippen molar-refractivity contribution in [3.8, 4) is 0 Å². The zero-order chi connectivity index (χ0) is 5.91. The highest BCUT2D eigenvalue weighted by Crippen LogP contribution is 2.33. The number of phosphoric ester groups is 1. The fraction of sp³-hybridized carbons (Fsp3) is 0. The van der Waals surface area contributed by atoms with Crippen molar-refractivity contribution in [1.29, 1.82) is 0 Å². The van der Waals surface area contributed by atoms with E-state index in [2.05, 4.69) is 4.52 Å². The van der Waals surface area contributed by atoms with Crippen LogP contribution < -0.4 is 0 Å². The Bertz CT molecular complexity index is 101. The average Bonchev–Trinajstić information content (AvgIpc) is 1.30. The Balaban J connectivity index is 3.57. The van der Waals surface area contributed by atoms with Gasteiger partial charge in [-0.3, -0.25) is 9.79 Å². The first-order valence-corrected chi connectivity index (χ1v) is 2.70. The summed E-state index contributed by atoms with van der Waals surface area (Å²) in [4.78, 5) is 24.3. The molecule has 0 saturated carbocycles. The average molecular weight is 125 g/mol. The van der Waals surface area contributed by atoms with Crippen LogP contribution in [0.4, 0.5) is 0 Å². The maximum absolute atomic E-state index is 9.44. The van der Waals surface area contributed by atoms with Gasteiger partial charge in [-0.2, -0.15) is 0 Å². The number of hydrogen-bond acceptors (Lipinski definition) is 3. The quantitative estimate of drug-likeness (QED) is 0.470. The van der Waals surface area contributed by atoms with Crippen LogP contribution in [0.3, 0.4) is 0 Å². The van der Waals surface area contributed by atoms with E-state index in [0.717, 1.165) is 0 Å². The molecule has 0 aliphatic rings. The van der Waals surface area contributed by atoms with Crippen LogP contribution in [0.2, 0.25) is 0 Å². The fourth-order valence-electron chi connectivity index (χ4n) is 0.0485. The SMILES string of the molecule is O=[C]OP(=O)(O)O. The third-order valence-electron chi connectivity index (χ3n) is 0.156. The number of hydrogen-bond donors (Lipinski definition) is 2. The molecule has 41 valence electrons. The summed E-state index contributed by atoms with van der Waals surface area (Å²) in [6.07, 6.45) is 0. The maximum Gasteiger partial charge on any atom is 0.527 e. The Morgan fingerprint density at radius 2 is 2.00 bits per heavy atom. The minimum Gasteiger partial charge on any atom is -0.362 e. The lowest BCUT2D eigenvalue weighted by molar-refractivity contribution is 0.270. The molecule has 0 aromatic heterocycles. The fourth-order valence-corrected chi connectivity index (χ4v) is 0.146. The summed E-state index contributed by atoms with van der Waals surface area (Å²) in [6, 6.07) is 0. The van der Waals surface area contributed by atoms with Crippen molar-refractivity contribution in [2.75, 3.05) is 0 Å². The minimum atomic E-state index is -4.59. The van der Waals surface area contributed by atoms with Crippen molar-refractivity contribution in [2.45, 2.75) is 0 Å². The Morgan fingerprint density at radius 1 is 1.57 bits per heavy atom. The van der Waals surface area contributed by atoms with E-state index in [-0.39, 0.29) is 0 Å². The topological polar surface area (TPSA) is 83.8 Å². The summed E-state index contributed by atoms with van der Waals surface area (Å²) in [5.41, 5.74) is 0. The molecule has 0 heterocycles. The molecule has 1 radical (unpaired) electrons. The first-order valence-electron chi connectivity index (χ1n) is 1.17. The number of rotatable bonds is 2. The molecule has 0 aromatic carbocycles. The predicted molar refractivity (Wildman–Crippen MR) is 18.8 cm³/mol. The molecule has 0 aromatic rings. The number of phosphoric acid groups is 1. The van der Waals surface area contributed by atoms with Crippen molar-refractivity contribution in [3.63, 3.8) is 0 Å². The van der Waals surface area contributed by atoms with E-state index in [9.17, 15) is 4.57 Å². The number of carbonyl (C=O) groups excluding carboxylic acids is 1. The summed E-state index contributed by atoms with van der Waals surface area (Å²) in [7, 11) is -4.59. The van der Waals surface area contributed by atoms with Gasteiger partial charge >= 0.3 is 14.3 Å². The largest absolute Gasteiger partial charge is 0.527 e. The van der Waals surface area contributed by atoms with Crippen LogP contribution >= 0.6 is 7.82 Å². The van der Waals surface area contributed by atoms with Crippen LogP contribution in [-0.2, 0) is 13.9 Å². The Labute approximate surface area is 39.2 Å². The molecule has 0 fully saturated rings. The van der Waals surface area contributed by atoms with E-state index in [1.165, 1.54) is 0 Å². The third kappa shape index (κ3) is 5.62. The van der Waals surface area contributed by atoms with E-state index in [4.69, 9.17) is 14.6 Å². The van der Waals surface area contributed by atoms with Crippen LogP contribution in [0.5, 0.6) is 0 Å². The zero-order valence-electron chi connectivity index (χ0n) is 3.07. The predicted octanol–water partition coefficient (Wildman–Crippen LogP) is -0.837. The molecular formula is CH2O5P. The van der Waals surface area contributed by atoms with E-state index >= 15 is 0 Å². The van der Waals surface area contributed by atoms with Gasteiger partial charge in [-0.15, -0.1) is 0 Å². The standard InChI is InChI=1S/CH2O5P/c2-1-6-7(3,4)5/h(H2,3,4,5). The highest BCUT2D eigenvalue weighted by atomic mass is 31.2. The normalized spacial score (nSPS) is 10.6. The van der Waals surface area contributed by atoms with Gasteiger partial charge in [0.1, 0.15) is 0 Å². The molecule has 0 rings (SSSR count). The van der Waals surface area contributed by atoms with E-state index in [1.807, 2.05) is 0 Å². The van der Waals surface area contributed by atoms with Gasteiger partial charge in [0, 0.05) is 0 Å². The summed E-state index contributed by atoms with van der Waals surface area (Å²) in [6.45, 7) is 0.595. The lowest BCUT2D eigenvalue weighted by atomic mass is 11.7. The van der Waals surface area contributed by atoms with Crippen LogP contribution in [0.25, 0.3) is 0 Å². The van der Waals surface area contributed by atoms with E-state index in [0.29, 0.717) is 6.47 Å². The molecule has 0 bridgehead atoms.